The molecule has 1 N–H and O–H groups in total. The summed E-state index contributed by atoms with van der Waals surface area (Å²) in [6.07, 6.45) is 7.17. The molecular weight excluding hydrogens is 250 g/mol. The standard InChI is InChI=1S/C17H23NO2/c1-13(2)20-16-10-8-15(9-11-16)17(19)18-12-14-6-4-3-5-7-14/h6,8-11,13H,3-5,7,12H2,1-2H3,(H,18,19). The third-order valence-corrected chi connectivity index (χ3v) is 3.35. The highest BCUT2D eigenvalue weighted by molar-refractivity contribution is 5.94. The summed E-state index contributed by atoms with van der Waals surface area (Å²) in [6, 6.07) is 7.30. The quantitative estimate of drug-likeness (QED) is 0.831. The molecule has 0 unspecified atom stereocenters. The molecule has 0 aliphatic heterocycles. The number of amides is 1. The van der Waals surface area contributed by atoms with Crippen molar-refractivity contribution in [2.75, 3.05) is 6.54 Å². The number of ether oxygens (including phenoxy) is 1. The van der Waals surface area contributed by atoms with Crippen LogP contribution in [0.2, 0.25) is 0 Å². The van der Waals surface area contributed by atoms with Crippen LogP contribution in [-0.2, 0) is 0 Å². The van der Waals surface area contributed by atoms with E-state index in [1.54, 1.807) is 0 Å². The van der Waals surface area contributed by atoms with Gasteiger partial charge in [-0.25, -0.2) is 0 Å². The molecule has 0 spiro atoms. The Hall–Kier alpha value is -1.77. The monoisotopic (exact) mass is 273 g/mol. The fraction of sp³-hybridized carbons (Fsp3) is 0.471. The Morgan fingerprint density at radius 2 is 2.00 bits per heavy atom. The third-order valence-electron chi connectivity index (χ3n) is 3.35. The van der Waals surface area contributed by atoms with Crippen molar-refractivity contribution in [3.8, 4) is 5.75 Å². The second-order valence-corrected chi connectivity index (χ2v) is 5.48. The largest absolute Gasteiger partial charge is 0.491 e. The van der Waals surface area contributed by atoms with Crippen molar-refractivity contribution >= 4 is 5.91 Å². The van der Waals surface area contributed by atoms with E-state index in [4.69, 9.17) is 4.74 Å². The zero-order valence-electron chi connectivity index (χ0n) is 12.3. The van der Waals surface area contributed by atoms with E-state index in [1.807, 2.05) is 38.1 Å². The number of benzene rings is 1. The summed E-state index contributed by atoms with van der Waals surface area (Å²) in [6.45, 7) is 4.64. The Bertz CT molecular complexity index is 474. The van der Waals surface area contributed by atoms with Gasteiger partial charge in [0.2, 0.25) is 0 Å². The van der Waals surface area contributed by atoms with E-state index in [0.717, 1.165) is 18.6 Å². The van der Waals surface area contributed by atoms with E-state index in [0.29, 0.717) is 12.1 Å². The summed E-state index contributed by atoms with van der Waals surface area (Å²) in [5.41, 5.74) is 2.03. The fourth-order valence-electron chi connectivity index (χ4n) is 2.32. The van der Waals surface area contributed by atoms with Gasteiger partial charge in [-0.3, -0.25) is 4.79 Å². The predicted octanol–water partition coefficient (Wildman–Crippen LogP) is 3.70. The summed E-state index contributed by atoms with van der Waals surface area (Å²) < 4.78 is 5.56. The first-order chi connectivity index (χ1) is 9.65. The number of hydrogen-bond acceptors (Lipinski definition) is 2. The van der Waals surface area contributed by atoms with Crippen molar-refractivity contribution in [3.05, 3.63) is 41.5 Å². The Kier molecular flexibility index (Phi) is 5.22. The maximum Gasteiger partial charge on any atom is 0.251 e. The second-order valence-electron chi connectivity index (χ2n) is 5.48. The highest BCUT2D eigenvalue weighted by atomic mass is 16.5. The van der Waals surface area contributed by atoms with E-state index in [1.165, 1.54) is 18.4 Å². The molecule has 2 rings (SSSR count). The van der Waals surface area contributed by atoms with Crippen LogP contribution in [0.25, 0.3) is 0 Å². The van der Waals surface area contributed by atoms with Gasteiger partial charge in [0.15, 0.2) is 0 Å². The summed E-state index contributed by atoms with van der Waals surface area (Å²) >= 11 is 0. The molecular formula is C17H23NO2. The Morgan fingerprint density at radius 1 is 1.25 bits per heavy atom. The summed E-state index contributed by atoms with van der Waals surface area (Å²) in [5.74, 6) is 0.777. The van der Waals surface area contributed by atoms with Gasteiger partial charge in [0.1, 0.15) is 5.75 Å². The summed E-state index contributed by atoms with van der Waals surface area (Å²) in [5, 5.41) is 2.98. The van der Waals surface area contributed by atoms with Crippen molar-refractivity contribution in [3.63, 3.8) is 0 Å². The molecule has 108 valence electrons. The number of carbonyl (C=O) groups excluding carboxylic acids is 1. The first-order valence-corrected chi connectivity index (χ1v) is 7.38. The molecule has 1 amide bonds. The van der Waals surface area contributed by atoms with Crippen molar-refractivity contribution in [1.82, 2.24) is 5.32 Å². The van der Waals surface area contributed by atoms with E-state index >= 15 is 0 Å². The molecule has 1 aromatic rings. The lowest BCUT2D eigenvalue weighted by Gasteiger charge is -2.14. The van der Waals surface area contributed by atoms with Crippen LogP contribution in [0.4, 0.5) is 0 Å². The van der Waals surface area contributed by atoms with Gasteiger partial charge in [-0.05, 0) is 63.8 Å². The highest BCUT2D eigenvalue weighted by Gasteiger charge is 2.08. The molecule has 0 aromatic heterocycles. The fourth-order valence-corrected chi connectivity index (χ4v) is 2.32. The Balaban J connectivity index is 1.87. The maximum absolute atomic E-state index is 12.0. The van der Waals surface area contributed by atoms with Crippen LogP contribution in [0, 0.1) is 0 Å². The molecule has 3 heteroatoms. The summed E-state index contributed by atoms with van der Waals surface area (Å²) in [4.78, 5) is 12.0. The molecule has 20 heavy (non-hydrogen) atoms. The van der Waals surface area contributed by atoms with Gasteiger partial charge in [-0.1, -0.05) is 11.6 Å². The lowest BCUT2D eigenvalue weighted by Crippen LogP contribution is -2.26. The average molecular weight is 273 g/mol. The van der Waals surface area contributed by atoms with Gasteiger partial charge in [0, 0.05) is 12.1 Å². The van der Waals surface area contributed by atoms with E-state index < -0.39 is 0 Å². The van der Waals surface area contributed by atoms with Gasteiger partial charge >= 0.3 is 0 Å². The molecule has 0 saturated heterocycles. The van der Waals surface area contributed by atoms with Gasteiger partial charge in [0.05, 0.1) is 6.10 Å². The zero-order valence-corrected chi connectivity index (χ0v) is 12.3. The van der Waals surface area contributed by atoms with Crippen LogP contribution in [0.3, 0.4) is 0 Å². The van der Waals surface area contributed by atoms with Crippen molar-refractivity contribution in [2.24, 2.45) is 0 Å². The predicted molar refractivity (Wildman–Crippen MR) is 81.1 cm³/mol. The number of nitrogens with one attached hydrogen (secondary N) is 1. The van der Waals surface area contributed by atoms with Crippen molar-refractivity contribution in [2.45, 2.75) is 45.6 Å². The first kappa shape index (κ1) is 14.6. The van der Waals surface area contributed by atoms with Crippen molar-refractivity contribution < 1.29 is 9.53 Å². The molecule has 0 radical (unpaired) electrons. The maximum atomic E-state index is 12.0. The minimum absolute atomic E-state index is 0.0208. The minimum Gasteiger partial charge on any atom is -0.491 e. The number of rotatable bonds is 5. The van der Waals surface area contributed by atoms with Crippen molar-refractivity contribution in [1.29, 1.82) is 0 Å². The van der Waals surface area contributed by atoms with Gasteiger partial charge in [0.25, 0.3) is 5.91 Å². The van der Waals surface area contributed by atoms with E-state index in [9.17, 15) is 4.79 Å². The Morgan fingerprint density at radius 3 is 2.60 bits per heavy atom. The van der Waals surface area contributed by atoms with Crippen LogP contribution >= 0.6 is 0 Å². The number of carbonyl (C=O) groups is 1. The molecule has 1 aliphatic rings. The minimum atomic E-state index is -0.0208. The molecule has 0 bridgehead atoms. The van der Waals surface area contributed by atoms with Crippen LogP contribution in [-0.4, -0.2) is 18.6 Å². The average Bonchev–Trinajstić information content (AvgIpc) is 2.46. The van der Waals surface area contributed by atoms with E-state index in [-0.39, 0.29) is 12.0 Å². The van der Waals surface area contributed by atoms with Crippen LogP contribution in [0.1, 0.15) is 49.9 Å². The molecule has 1 aliphatic carbocycles. The topological polar surface area (TPSA) is 38.3 Å². The Labute approximate surface area is 121 Å². The smallest absolute Gasteiger partial charge is 0.251 e. The third kappa shape index (κ3) is 4.41. The number of hydrogen-bond donors (Lipinski definition) is 1. The van der Waals surface area contributed by atoms with Gasteiger partial charge < -0.3 is 10.1 Å². The van der Waals surface area contributed by atoms with Crippen LogP contribution in [0.5, 0.6) is 5.75 Å². The normalized spacial score (nSPS) is 14.8. The zero-order chi connectivity index (χ0) is 14.4. The van der Waals surface area contributed by atoms with Gasteiger partial charge in [-0.15, -0.1) is 0 Å². The van der Waals surface area contributed by atoms with Crippen LogP contribution < -0.4 is 10.1 Å². The molecule has 0 atom stereocenters. The first-order valence-electron chi connectivity index (χ1n) is 7.38. The number of allylic oxidation sites excluding steroid dienone is 1. The molecule has 0 fully saturated rings. The van der Waals surface area contributed by atoms with E-state index in [2.05, 4.69) is 11.4 Å². The highest BCUT2D eigenvalue weighted by Crippen LogP contribution is 2.17. The van der Waals surface area contributed by atoms with Crippen LogP contribution in [0.15, 0.2) is 35.9 Å². The molecule has 0 saturated carbocycles. The summed E-state index contributed by atoms with van der Waals surface area (Å²) in [7, 11) is 0. The molecule has 1 aromatic carbocycles. The lowest BCUT2D eigenvalue weighted by atomic mass is 9.99. The molecule has 3 nitrogen and oxygen atoms in total. The lowest BCUT2D eigenvalue weighted by molar-refractivity contribution is 0.0956. The second kappa shape index (κ2) is 7.13. The SMILES string of the molecule is CC(C)Oc1ccc(C(=O)NCC2=CCCCC2)cc1. The molecule has 0 heterocycles. The van der Waals surface area contributed by atoms with Gasteiger partial charge in [-0.2, -0.15) is 0 Å².